The summed E-state index contributed by atoms with van der Waals surface area (Å²) in [6, 6.07) is 36.1. The first-order valence-corrected chi connectivity index (χ1v) is 31.5. The number of urea groups is 1. The zero-order valence-corrected chi connectivity index (χ0v) is 52.5. The van der Waals surface area contributed by atoms with E-state index in [-0.39, 0.29) is 133 Å². The molecular weight excluding hydrogens is 1260 g/mol. The van der Waals surface area contributed by atoms with Crippen molar-refractivity contribution < 1.29 is 76.2 Å². The van der Waals surface area contributed by atoms with Crippen LogP contribution >= 0.6 is 0 Å². The minimum absolute atomic E-state index is 0.00178. The summed E-state index contributed by atoms with van der Waals surface area (Å²) in [6.07, 6.45) is 1.71. The number of rotatable bonds is 27. The third-order valence-corrected chi connectivity index (χ3v) is 15.4. The number of benzene rings is 6. The Bertz CT molecular complexity index is 4820. The Morgan fingerprint density at radius 3 is 1.54 bits per heavy atom. The van der Waals surface area contributed by atoms with Crippen molar-refractivity contribution in [2.75, 3.05) is 54.2 Å². The molecule has 0 saturated heterocycles. The third kappa shape index (κ3) is 16.2. The van der Waals surface area contributed by atoms with Crippen LogP contribution < -0.4 is 56.0 Å². The lowest BCUT2D eigenvalue weighted by Crippen LogP contribution is -2.29. The topological polar surface area (TPSA) is 401 Å². The summed E-state index contributed by atoms with van der Waals surface area (Å²) < 4.78 is 46.9. The summed E-state index contributed by atoms with van der Waals surface area (Å²) in [6.45, 7) is 6.35. The van der Waals surface area contributed by atoms with Crippen LogP contribution in [0.25, 0.3) is 43.6 Å². The maximum absolute atomic E-state index is 14.6. The minimum atomic E-state index is -3.90. The number of primary sulfonamides is 1. The quantitative estimate of drug-likeness (QED) is 0.0214. The van der Waals surface area contributed by atoms with Crippen LogP contribution in [-0.4, -0.2) is 118 Å². The molecular formula is C68H63N11O16S. The first kappa shape index (κ1) is 66.9. The number of nitrogens with one attached hydrogen (secondary N) is 6. The number of para-hydroxylation sites is 4. The Hall–Kier alpha value is -12.0. The van der Waals surface area contributed by atoms with E-state index in [0.717, 1.165) is 17.7 Å². The number of sulfonamides is 1. The molecule has 6 amide bonds. The summed E-state index contributed by atoms with van der Waals surface area (Å²) >= 11 is 0. The van der Waals surface area contributed by atoms with E-state index in [2.05, 4.69) is 41.9 Å². The number of hydrogen-bond donors (Lipinski definition) is 10. The summed E-state index contributed by atoms with van der Waals surface area (Å²) in [5.74, 6) is -4.79. The zero-order chi connectivity index (χ0) is 68.2. The molecule has 492 valence electrons. The maximum Gasteiger partial charge on any atom is 0.354 e. The monoisotopic (exact) mass is 1320 g/mol. The van der Waals surface area contributed by atoms with Gasteiger partial charge >= 0.3 is 18.0 Å². The highest BCUT2D eigenvalue weighted by Gasteiger charge is 2.24. The van der Waals surface area contributed by atoms with Gasteiger partial charge in [0.15, 0.2) is 12.3 Å². The predicted molar refractivity (Wildman–Crippen MR) is 356 cm³/mol. The smallest absolute Gasteiger partial charge is 0.354 e. The normalized spacial score (nSPS) is 11.3. The number of carbonyl (C=O) groups is 7. The first-order chi connectivity index (χ1) is 46.1. The van der Waals surface area contributed by atoms with Gasteiger partial charge in [-0.2, -0.15) is 0 Å². The Labute approximate surface area is 547 Å². The van der Waals surface area contributed by atoms with Crippen LogP contribution in [0.2, 0.25) is 0 Å². The van der Waals surface area contributed by atoms with Crippen molar-refractivity contribution in [2.45, 2.75) is 51.5 Å². The summed E-state index contributed by atoms with van der Waals surface area (Å²) in [5.41, 5.74) is 0.780. The highest BCUT2D eigenvalue weighted by molar-refractivity contribution is 7.89. The molecule has 10 aromatic rings. The van der Waals surface area contributed by atoms with Crippen molar-refractivity contribution in [1.29, 1.82) is 0 Å². The molecule has 0 aliphatic heterocycles. The van der Waals surface area contributed by atoms with E-state index >= 15 is 0 Å². The van der Waals surface area contributed by atoms with Crippen LogP contribution in [0.5, 0.6) is 28.7 Å². The molecule has 10 rings (SSSR count). The number of aromatic hydroxyl groups is 1. The Kier molecular flexibility index (Phi) is 20.7. The Morgan fingerprint density at radius 2 is 1.01 bits per heavy atom. The molecule has 96 heavy (non-hydrogen) atoms. The Morgan fingerprint density at radius 1 is 0.521 bits per heavy atom. The number of nitrogens with two attached hydrogens (primary N) is 1. The zero-order valence-electron chi connectivity index (χ0n) is 51.7. The average Bonchev–Trinajstić information content (AvgIpc) is 0.810. The number of carbonyl (C=O) groups excluding carboxylic acids is 5. The number of pyridine rings is 4. The van der Waals surface area contributed by atoms with Crippen molar-refractivity contribution in [3.05, 3.63) is 179 Å². The van der Waals surface area contributed by atoms with Crippen LogP contribution in [0.3, 0.4) is 0 Å². The number of aromatic carboxylic acids is 1. The van der Waals surface area contributed by atoms with Gasteiger partial charge in [0.25, 0.3) is 23.6 Å². The molecule has 6 aromatic carbocycles. The highest BCUT2D eigenvalue weighted by Crippen LogP contribution is 2.36. The molecule has 0 bridgehead atoms. The van der Waals surface area contributed by atoms with Gasteiger partial charge in [-0.15, -0.1) is 0 Å². The van der Waals surface area contributed by atoms with Crippen LogP contribution in [0.1, 0.15) is 97.9 Å². The molecule has 4 aromatic heterocycles. The minimum Gasteiger partial charge on any atom is -0.507 e. The highest BCUT2D eigenvalue weighted by atomic mass is 32.2. The molecule has 0 unspecified atom stereocenters. The van der Waals surface area contributed by atoms with Crippen molar-refractivity contribution in [3.8, 4) is 28.7 Å². The van der Waals surface area contributed by atoms with Crippen molar-refractivity contribution in [3.63, 3.8) is 0 Å². The number of amides is 6. The molecule has 0 spiro atoms. The van der Waals surface area contributed by atoms with Gasteiger partial charge in [0.2, 0.25) is 10.0 Å². The molecule has 11 N–H and O–H groups in total. The van der Waals surface area contributed by atoms with Gasteiger partial charge in [0, 0.05) is 64.5 Å². The van der Waals surface area contributed by atoms with E-state index in [9.17, 15) is 57.3 Å². The fourth-order valence-corrected chi connectivity index (χ4v) is 10.4. The van der Waals surface area contributed by atoms with Gasteiger partial charge in [-0.3, -0.25) is 19.2 Å². The average molecular weight is 1320 g/mol. The lowest BCUT2D eigenvalue weighted by atomic mass is 10.1. The fraction of sp³-hybridized carbons (Fsp3) is 0.191. The van der Waals surface area contributed by atoms with Gasteiger partial charge in [-0.1, -0.05) is 57.2 Å². The number of aromatic nitrogens is 4. The molecule has 0 aliphatic carbocycles. The van der Waals surface area contributed by atoms with Crippen LogP contribution in [0, 0.1) is 5.92 Å². The summed E-state index contributed by atoms with van der Waals surface area (Å²) in [4.78, 5) is 111. The van der Waals surface area contributed by atoms with E-state index in [1.807, 2.05) is 26.8 Å². The standard InChI is InChI=1S/C68H63N11O16S/c1-4-27-93-55-31-51(65(85)76-46-18-8-14-42-54(80)30-50(72-59(42)46)64(84)77-48-20-10-16-45-57(95-36-58(81)82)33-53(67(87)88)75-61(45)48)73-60-43(55)15-9-19-47(60)78-66(86)52-32-56(94-35-37(2)3)44-17-11-21-49(62(44)74-52)79-68(89)70-26-5-6-28-92-40-13-7-12-38(29-40)34-71-63(83)39-22-24-41(25-23-39)96(69,90)91/h7-25,29-33,37H,4-6,26-28,34-36H2,1-3H3,(H,71,83)(H,72,80)(H,76,85)(H,77,84)(H,78,86)(H,81,82)(H,87,88)(H2,69,90,91)(H2,70,79,89). The van der Waals surface area contributed by atoms with E-state index in [1.54, 1.807) is 60.7 Å². The largest absolute Gasteiger partial charge is 0.507 e. The van der Waals surface area contributed by atoms with E-state index in [4.69, 9.17) is 34.1 Å². The van der Waals surface area contributed by atoms with E-state index in [1.165, 1.54) is 66.7 Å². The molecule has 0 fully saturated rings. The second-order valence-electron chi connectivity index (χ2n) is 22.1. The SMILES string of the molecule is CCCOc1cc(C(=O)Nc2cccc3c(O)cc(C(=O)Nc4cccc5c(OCC(=O)O)cc(C(=O)O)nc45)nc23)nc2c(NC(=O)c3cc(OCC(C)C)c4cccc(NC(=O)NCCCCOc5cccc(CNC(=O)c6ccc(S(N)(=O)=O)cc6)c5)c4n3)cccc12. The number of unbranched alkanes of at least 4 members (excludes halogenated alkanes) is 1. The number of ether oxygens (including phenoxy) is 4. The molecule has 0 atom stereocenters. The van der Waals surface area contributed by atoms with Gasteiger partial charge in [0.1, 0.15) is 45.8 Å². The van der Waals surface area contributed by atoms with Gasteiger partial charge in [-0.25, -0.2) is 47.9 Å². The second-order valence-corrected chi connectivity index (χ2v) is 23.7. The lowest BCUT2D eigenvalue weighted by Gasteiger charge is -2.16. The Balaban J connectivity index is 0.829. The first-order valence-electron chi connectivity index (χ1n) is 30.0. The van der Waals surface area contributed by atoms with Gasteiger partial charge < -0.3 is 66.2 Å². The molecule has 0 aliphatic rings. The third-order valence-electron chi connectivity index (χ3n) is 14.4. The number of aliphatic carboxylic acids is 1. The second kappa shape index (κ2) is 29.7. The fourth-order valence-electron chi connectivity index (χ4n) is 9.88. The molecule has 0 saturated carbocycles. The maximum atomic E-state index is 14.6. The van der Waals surface area contributed by atoms with Crippen molar-refractivity contribution in [2.24, 2.45) is 11.1 Å². The number of carboxylic acid groups (broad SMARTS) is 2. The summed E-state index contributed by atoms with van der Waals surface area (Å²) in [7, 11) is -3.90. The number of carboxylic acids is 2. The molecule has 27 nitrogen and oxygen atoms in total. The van der Waals surface area contributed by atoms with Gasteiger partial charge in [0.05, 0.1) is 69.5 Å². The molecule has 4 heterocycles. The number of nitrogens with zero attached hydrogens (tertiary/aromatic N) is 4. The van der Waals surface area contributed by atoms with Crippen LogP contribution in [0.15, 0.2) is 150 Å². The van der Waals surface area contributed by atoms with E-state index in [0.29, 0.717) is 48.1 Å². The van der Waals surface area contributed by atoms with Crippen molar-refractivity contribution in [1.82, 2.24) is 30.6 Å². The van der Waals surface area contributed by atoms with Crippen LogP contribution in [-0.2, 0) is 21.4 Å². The molecule has 0 radical (unpaired) electrons. The number of fused-ring (bicyclic) bond motifs is 4. The van der Waals surface area contributed by atoms with Gasteiger partial charge in [-0.05, 0) is 116 Å². The lowest BCUT2D eigenvalue weighted by molar-refractivity contribution is -0.139. The number of anilines is 4. The van der Waals surface area contributed by atoms with Crippen LogP contribution in [0.4, 0.5) is 27.5 Å². The van der Waals surface area contributed by atoms with Crippen molar-refractivity contribution >= 4 is 118 Å². The number of hydrogen-bond acceptors (Lipinski definition) is 18. The summed E-state index contributed by atoms with van der Waals surface area (Å²) in [5, 5.41) is 53.6. The predicted octanol–water partition coefficient (Wildman–Crippen LogP) is 9.89. The van der Waals surface area contributed by atoms with E-state index < -0.39 is 63.9 Å². The molecule has 28 heteroatoms.